The molecular formula is C20H20O2S. The second kappa shape index (κ2) is 8.45. The summed E-state index contributed by atoms with van der Waals surface area (Å²) in [5.74, 6) is 6.53. The number of rotatable bonds is 4. The summed E-state index contributed by atoms with van der Waals surface area (Å²) in [6.45, 7) is 3.83. The van der Waals surface area contributed by atoms with Crippen molar-refractivity contribution < 1.29 is 9.53 Å². The van der Waals surface area contributed by atoms with Gasteiger partial charge in [-0.1, -0.05) is 25.7 Å². The number of hydrogen-bond acceptors (Lipinski definition) is 3. The number of esters is 1. The monoisotopic (exact) mass is 324 g/mol. The molecule has 0 bridgehead atoms. The van der Waals surface area contributed by atoms with E-state index in [2.05, 4.69) is 30.2 Å². The maximum Gasteiger partial charge on any atom is 0.314 e. The molecule has 0 fully saturated rings. The van der Waals surface area contributed by atoms with Crippen molar-refractivity contribution in [3.05, 3.63) is 59.7 Å². The van der Waals surface area contributed by atoms with Crippen LogP contribution in [-0.2, 0) is 4.79 Å². The van der Waals surface area contributed by atoms with Crippen LogP contribution < -0.4 is 4.74 Å². The molecule has 0 aliphatic carbocycles. The van der Waals surface area contributed by atoms with Crippen LogP contribution in [0.2, 0.25) is 0 Å². The highest BCUT2D eigenvalue weighted by Crippen LogP contribution is 2.16. The number of ether oxygens (including phenoxy) is 1. The van der Waals surface area contributed by atoms with Gasteiger partial charge in [-0.3, -0.25) is 4.79 Å². The van der Waals surface area contributed by atoms with E-state index in [0.29, 0.717) is 5.75 Å². The Kier molecular flexibility index (Phi) is 6.31. The van der Waals surface area contributed by atoms with E-state index in [1.54, 1.807) is 23.9 Å². The number of hydrogen-bond donors (Lipinski definition) is 0. The molecule has 2 aromatic rings. The summed E-state index contributed by atoms with van der Waals surface area (Å²) in [5.41, 5.74) is 1.87. The predicted octanol–water partition coefficient (Wildman–Crippen LogP) is 4.76. The van der Waals surface area contributed by atoms with E-state index in [0.717, 1.165) is 17.5 Å². The van der Waals surface area contributed by atoms with Gasteiger partial charge in [0, 0.05) is 16.0 Å². The molecule has 0 aliphatic rings. The van der Waals surface area contributed by atoms with E-state index >= 15 is 0 Å². The minimum absolute atomic E-state index is 0.0845. The Morgan fingerprint density at radius 1 is 1.04 bits per heavy atom. The zero-order valence-corrected chi connectivity index (χ0v) is 14.4. The van der Waals surface area contributed by atoms with Crippen molar-refractivity contribution in [2.75, 3.05) is 6.26 Å². The molecule has 2 aromatic carbocycles. The lowest BCUT2D eigenvalue weighted by molar-refractivity contribution is -0.138. The molecule has 23 heavy (non-hydrogen) atoms. The van der Waals surface area contributed by atoms with Crippen LogP contribution in [0.4, 0.5) is 0 Å². The highest BCUT2D eigenvalue weighted by Gasteiger charge is 2.12. The Balaban J connectivity index is 2.02. The largest absolute Gasteiger partial charge is 0.426 e. The number of benzene rings is 2. The molecule has 3 heteroatoms. The predicted molar refractivity (Wildman–Crippen MR) is 95.7 cm³/mol. The second-order valence-electron chi connectivity index (χ2n) is 5.23. The normalized spacial score (nSPS) is 11.3. The first-order valence-electron chi connectivity index (χ1n) is 7.60. The van der Waals surface area contributed by atoms with E-state index < -0.39 is 0 Å². The Labute approximate surface area is 142 Å². The molecule has 1 atom stereocenters. The SMILES string of the molecule is CCC(C)C(=O)Oc1ccc(C#Cc2ccc(SC)cc2)cc1. The van der Waals surface area contributed by atoms with Crippen molar-refractivity contribution in [3.8, 4) is 17.6 Å². The van der Waals surface area contributed by atoms with Crippen LogP contribution in [0.5, 0.6) is 5.75 Å². The van der Waals surface area contributed by atoms with Gasteiger partial charge in [0.25, 0.3) is 0 Å². The van der Waals surface area contributed by atoms with Crippen molar-refractivity contribution in [2.45, 2.75) is 25.2 Å². The average Bonchev–Trinajstić information content (AvgIpc) is 2.60. The molecule has 0 N–H and O–H groups in total. The molecule has 118 valence electrons. The van der Waals surface area contributed by atoms with Crippen LogP contribution in [0.1, 0.15) is 31.4 Å². The van der Waals surface area contributed by atoms with Crippen molar-refractivity contribution >= 4 is 17.7 Å². The summed E-state index contributed by atoms with van der Waals surface area (Å²) in [6, 6.07) is 15.4. The first-order valence-corrected chi connectivity index (χ1v) is 8.82. The van der Waals surface area contributed by atoms with Crippen molar-refractivity contribution in [2.24, 2.45) is 5.92 Å². The minimum Gasteiger partial charge on any atom is -0.426 e. The molecule has 0 saturated heterocycles. The number of carbonyl (C=O) groups is 1. The van der Waals surface area contributed by atoms with Crippen LogP contribution in [0, 0.1) is 17.8 Å². The van der Waals surface area contributed by atoms with Gasteiger partial charge in [-0.05, 0) is 61.2 Å². The molecule has 0 saturated carbocycles. The quantitative estimate of drug-likeness (QED) is 0.351. The Hall–Kier alpha value is -2.18. The first-order chi connectivity index (χ1) is 11.1. The van der Waals surface area contributed by atoms with Gasteiger partial charge in [0.05, 0.1) is 5.92 Å². The summed E-state index contributed by atoms with van der Waals surface area (Å²) in [4.78, 5) is 13.0. The zero-order chi connectivity index (χ0) is 16.7. The smallest absolute Gasteiger partial charge is 0.314 e. The Morgan fingerprint density at radius 2 is 1.57 bits per heavy atom. The van der Waals surface area contributed by atoms with Gasteiger partial charge in [-0.25, -0.2) is 0 Å². The van der Waals surface area contributed by atoms with Gasteiger partial charge in [-0.15, -0.1) is 11.8 Å². The fourth-order valence-electron chi connectivity index (χ4n) is 1.81. The third kappa shape index (κ3) is 5.19. The molecule has 0 spiro atoms. The van der Waals surface area contributed by atoms with Gasteiger partial charge in [0.1, 0.15) is 5.75 Å². The van der Waals surface area contributed by atoms with Crippen LogP contribution in [0.15, 0.2) is 53.4 Å². The molecular weight excluding hydrogens is 304 g/mol. The van der Waals surface area contributed by atoms with Crippen molar-refractivity contribution in [1.29, 1.82) is 0 Å². The Bertz CT molecular complexity index is 706. The molecule has 0 radical (unpaired) electrons. The van der Waals surface area contributed by atoms with Crippen LogP contribution >= 0.6 is 11.8 Å². The molecule has 2 nitrogen and oxygen atoms in total. The number of thioether (sulfide) groups is 1. The molecule has 0 aliphatic heterocycles. The van der Waals surface area contributed by atoms with Crippen molar-refractivity contribution in [3.63, 3.8) is 0 Å². The average molecular weight is 324 g/mol. The van der Waals surface area contributed by atoms with E-state index in [-0.39, 0.29) is 11.9 Å². The highest BCUT2D eigenvalue weighted by molar-refractivity contribution is 7.98. The van der Waals surface area contributed by atoms with E-state index in [4.69, 9.17) is 4.74 Å². The maximum atomic E-state index is 11.7. The lowest BCUT2D eigenvalue weighted by Gasteiger charge is -2.08. The fraction of sp³-hybridized carbons (Fsp3) is 0.250. The molecule has 0 aromatic heterocycles. The maximum absolute atomic E-state index is 11.7. The van der Waals surface area contributed by atoms with Gasteiger partial charge in [0.15, 0.2) is 0 Å². The highest BCUT2D eigenvalue weighted by atomic mass is 32.2. The van der Waals surface area contributed by atoms with E-state index in [9.17, 15) is 4.79 Å². The Morgan fingerprint density at radius 3 is 2.04 bits per heavy atom. The minimum atomic E-state index is -0.194. The first kappa shape index (κ1) is 17.2. The fourth-order valence-corrected chi connectivity index (χ4v) is 2.22. The molecule has 2 rings (SSSR count). The third-order valence-electron chi connectivity index (χ3n) is 3.53. The second-order valence-corrected chi connectivity index (χ2v) is 6.11. The number of carbonyl (C=O) groups excluding carboxylic acids is 1. The van der Waals surface area contributed by atoms with Gasteiger partial charge in [0.2, 0.25) is 0 Å². The third-order valence-corrected chi connectivity index (χ3v) is 4.27. The van der Waals surface area contributed by atoms with E-state index in [1.165, 1.54) is 4.90 Å². The molecule has 1 unspecified atom stereocenters. The lowest BCUT2D eigenvalue weighted by Crippen LogP contribution is -2.16. The summed E-state index contributed by atoms with van der Waals surface area (Å²) < 4.78 is 5.32. The van der Waals surface area contributed by atoms with Gasteiger partial charge in [-0.2, -0.15) is 0 Å². The van der Waals surface area contributed by atoms with Crippen molar-refractivity contribution in [1.82, 2.24) is 0 Å². The molecule has 0 amide bonds. The summed E-state index contributed by atoms with van der Waals surface area (Å²) >= 11 is 1.71. The summed E-state index contributed by atoms with van der Waals surface area (Å²) in [7, 11) is 0. The standard InChI is InChI=1S/C20H20O2S/c1-4-15(2)20(21)22-18-11-7-16(8-12-18)5-6-17-9-13-19(23-3)14-10-17/h7-15H,4H2,1-3H3. The summed E-state index contributed by atoms with van der Waals surface area (Å²) in [5, 5.41) is 0. The lowest BCUT2D eigenvalue weighted by atomic mass is 10.1. The van der Waals surface area contributed by atoms with Crippen LogP contribution in [0.3, 0.4) is 0 Å². The van der Waals surface area contributed by atoms with Crippen LogP contribution in [0.25, 0.3) is 0 Å². The summed E-state index contributed by atoms with van der Waals surface area (Å²) in [6.07, 6.45) is 2.83. The molecule has 0 heterocycles. The van der Waals surface area contributed by atoms with Gasteiger partial charge < -0.3 is 4.74 Å². The van der Waals surface area contributed by atoms with Gasteiger partial charge >= 0.3 is 5.97 Å². The van der Waals surface area contributed by atoms with E-state index in [1.807, 2.05) is 38.1 Å². The van der Waals surface area contributed by atoms with Crippen LogP contribution in [-0.4, -0.2) is 12.2 Å². The topological polar surface area (TPSA) is 26.3 Å². The zero-order valence-electron chi connectivity index (χ0n) is 13.6.